The molecule has 0 spiro atoms. The molecule has 0 radical (unpaired) electrons. The van der Waals surface area contributed by atoms with Gasteiger partial charge in [0.25, 0.3) is 0 Å². The fourth-order valence-electron chi connectivity index (χ4n) is 5.94. The predicted molar refractivity (Wildman–Crippen MR) is 151 cm³/mol. The van der Waals surface area contributed by atoms with Gasteiger partial charge in [-0.3, -0.25) is 4.68 Å². The van der Waals surface area contributed by atoms with Gasteiger partial charge in [0, 0.05) is 42.0 Å². The lowest BCUT2D eigenvalue weighted by atomic mass is 9.99. The molecule has 38 heavy (non-hydrogen) atoms. The highest BCUT2D eigenvalue weighted by atomic mass is 16.5. The molecule has 1 aliphatic heterocycles. The summed E-state index contributed by atoms with van der Waals surface area (Å²) in [6, 6.07) is 20.5. The second-order valence-electron chi connectivity index (χ2n) is 9.98. The molecule has 0 unspecified atom stereocenters. The lowest BCUT2D eigenvalue weighted by Crippen LogP contribution is -2.14. The molecule has 0 saturated heterocycles. The smallest absolute Gasteiger partial charge is 0.352 e. The monoisotopic (exact) mass is 508 g/mol. The van der Waals surface area contributed by atoms with Gasteiger partial charge in [-0.25, -0.2) is 4.79 Å². The number of aryl methyl sites for hydroxylation is 4. The average molecular weight is 509 g/mol. The fraction of sp³-hybridized carbons (Fsp3) is 0.290. The number of hydrogen-bond acceptors (Lipinski definition) is 4. The third kappa shape index (κ3) is 4.08. The summed E-state index contributed by atoms with van der Waals surface area (Å²) in [6.07, 6.45) is 3.17. The molecule has 0 saturated carbocycles. The number of hydrogen-bond donors (Lipinski definition) is 2. The van der Waals surface area contributed by atoms with Gasteiger partial charge < -0.3 is 19.7 Å². The number of carboxylic acids is 1. The van der Waals surface area contributed by atoms with Crippen molar-refractivity contribution < 1.29 is 14.6 Å². The van der Waals surface area contributed by atoms with Gasteiger partial charge in [-0.2, -0.15) is 5.10 Å². The minimum Gasteiger partial charge on any atom is -0.493 e. The number of anilines is 1. The van der Waals surface area contributed by atoms with E-state index in [1.807, 2.05) is 53.6 Å². The van der Waals surface area contributed by atoms with E-state index in [0.717, 1.165) is 75.0 Å². The zero-order valence-electron chi connectivity index (χ0n) is 21.8. The van der Waals surface area contributed by atoms with E-state index < -0.39 is 5.97 Å². The van der Waals surface area contributed by atoms with Gasteiger partial charge in [-0.15, -0.1) is 0 Å². The first-order chi connectivity index (χ1) is 18.5. The standard InChI is InChI=1S/C31H32N4O3/c1-20-27-25-14-8-13-23-24(15-9-19-38-26-16-7-11-21-10-3-4-12-22(21)26)29(31(36)37)35(28(23)25)18-6-5-17-32-30(27)34(2)33-20/h3-4,7-8,10-14,16,32H,5-6,9,15,17-19H2,1-2H3,(H,36,37). The molecule has 0 fully saturated rings. The molecule has 1 aliphatic rings. The van der Waals surface area contributed by atoms with E-state index >= 15 is 0 Å². The van der Waals surface area contributed by atoms with Crippen LogP contribution in [0.5, 0.6) is 5.75 Å². The molecular formula is C31H32N4O3. The van der Waals surface area contributed by atoms with Crippen LogP contribution < -0.4 is 10.1 Å². The molecule has 0 aliphatic carbocycles. The maximum Gasteiger partial charge on any atom is 0.352 e. The number of carboxylic acid groups (broad SMARTS) is 1. The topological polar surface area (TPSA) is 81.3 Å². The van der Waals surface area contributed by atoms with Crippen LogP contribution in [0.2, 0.25) is 0 Å². The number of rotatable bonds is 6. The Morgan fingerprint density at radius 3 is 2.71 bits per heavy atom. The van der Waals surface area contributed by atoms with E-state index in [-0.39, 0.29) is 0 Å². The molecule has 6 rings (SSSR count). The SMILES string of the molecule is Cc1nn(C)c2c1-c1cccc3c(CCCOc4cccc5ccccc45)c(C(=O)O)n(c13)CCCCN2. The number of aromatic nitrogens is 3. The molecule has 194 valence electrons. The van der Waals surface area contributed by atoms with Crippen molar-refractivity contribution in [3.63, 3.8) is 0 Å². The number of benzene rings is 3. The Hall–Kier alpha value is -4.26. The Labute approximate surface area is 221 Å². The molecule has 0 bridgehead atoms. The summed E-state index contributed by atoms with van der Waals surface area (Å²) in [5.74, 6) is 0.957. The van der Waals surface area contributed by atoms with Crippen LogP contribution in [0, 0.1) is 6.92 Å². The lowest BCUT2D eigenvalue weighted by Gasteiger charge is -2.16. The number of aromatic carboxylic acids is 1. The van der Waals surface area contributed by atoms with Crippen LogP contribution in [-0.4, -0.2) is 38.6 Å². The maximum atomic E-state index is 12.7. The summed E-state index contributed by atoms with van der Waals surface area (Å²) >= 11 is 0. The van der Waals surface area contributed by atoms with Crippen molar-refractivity contribution in [2.75, 3.05) is 18.5 Å². The Kier molecular flexibility index (Phi) is 6.27. The molecule has 5 aromatic rings. The number of carbonyl (C=O) groups is 1. The molecule has 7 nitrogen and oxygen atoms in total. The van der Waals surface area contributed by atoms with Gasteiger partial charge in [0.15, 0.2) is 0 Å². The van der Waals surface area contributed by atoms with Gasteiger partial charge in [0.05, 0.1) is 17.8 Å². The highest BCUT2D eigenvalue weighted by molar-refractivity contribution is 6.05. The highest BCUT2D eigenvalue weighted by Gasteiger charge is 2.27. The van der Waals surface area contributed by atoms with E-state index in [2.05, 4.69) is 40.7 Å². The molecule has 7 heteroatoms. The summed E-state index contributed by atoms with van der Waals surface area (Å²) < 4.78 is 10.1. The van der Waals surface area contributed by atoms with E-state index in [4.69, 9.17) is 4.74 Å². The van der Waals surface area contributed by atoms with Crippen LogP contribution in [0.1, 0.15) is 41.0 Å². The fourth-order valence-corrected chi connectivity index (χ4v) is 5.94. The largest absolute Gasteiger partial charge is 0.493 e. The van der Waals surface area contributed by atoms with E-state index in [9.17, 15) is 9.90 Å². The van der Waals surface area contributed by atoms with Gasteiger partial charge in [-0.1, -0.05) is 54.6 Å². The summed E-state index contributed by atoms with van der Waals surface area (Å²) in [6.45, 7) is 4.01. The lowest BCUT2D eigenvalue weighted by molar-refractivity contribution is 0.0684. The maximum absolute atomic E-state index is 12.7. The minimum atomic E-state index is -0.879. The van der Waals surface area contributed by atoms with Crippen molar-refractivity contribution in [1.82, 2.24) is 14.3 Å². The van der Waals surface area contributed by atoms with Crippen molar-refractivity contribution in [3.05, 3.63) is 77.6 Å². The number of nitrogens with one attached hydrogen (secondary N) is 1. The Bertz CT molecular complexity index is 1660. The van der Waals surface area contributed by atoms with Crippen molar-refractivity contribution in [3.8, 4) is 16.9 Å². The third-order valence-corrected chi connectivity index (χ3v) is 7.56. The van der Waals surface area contributed by atoms with Crippen molar-refractivity contribution >= 4 is 33.5 Å². The van der Waals surface area contributed by atoms with E-state index in [1.165, 1.54) is 0 Å². The summed E-state index contributed by atoms with van der Waals surface area (Å²) in [7, 11) is 1.95. The second kappa shape index (κ2) is 9.89. The highest BCUT2D eigenvalue weighted by Crippen LogP contribution is 2.40. The number of fused-ring (bicyclic) bond motifs is 3. The molecule has 2 N–H and O–H groups in total. The van der Waals surface area contributed by atoms with Crippen molar-refractivity contribution in [1.29, 1.82) is 0 Å². The van der Waals surface area contributed by atoms with Crippen molar-refractivity contribution in [2.24, 2.45) is 7.05 Å². The first kappa shape index (κ1) is 24.1. The number of nitrogens with zero attached hydrogens (tertiary/aromatic N) is 3. The number of para-hydroxylation sites is 1. The van der Waals surface area contributed by atoms with Crippen LogP contribution in [0.15, 0.2) is 60.7 Å². The summed E-state index contributed by atoms with van der Waals surface area (Å²) in [5, 5.41) is 21.9. The third-order valence-electron chi connectivity index (χ3n) is 7.56. The van der Waals surface area contributed by atoms with Crippen LogP contribution in [0.3, 0.4) is 0 Å². The quantitative estimate of drug-likeness (QED) is 0.259. The zero-order chi connectivity index (χ0) is 26.2. The predicted octanol–water partition coefficient (Wildman–Crippen LogP) is 6.42. The van der Waals surface area contributed by atoms with Crippen LogP contribution >= 0.6 is 0 Å². The summed E-state index contributed by atoms with van der Waals surface area (Å²) in [4.78, 5) is 12.7. The van der Waals surface area contributed by atoms with Gasteiger partial charge >= 0.3 is 5.97 Å². The van der Waals surface area contributed by atoms with Gasteiger partial charge in [0.1, 0.15) is 17.3 Å². The van der Waals surface area contributed by atoms with Gasteiger partial charge in [0.2, 0.25) is 0 Å². The van der Waals surface area contributed by atoms with Crippen molar-refractivity contribution in [2.45, 2.75) is 39.2 Å². The summed E-state index contributed by atoms with van der Waals surface area (Å²) in [5.41, 5.74) is 5.26. The second-order valence-corrected chi connectivity index (χ2v) is 9.98. The average Bonchev–Trinajstić information content (AvgIpc) is 3.39. The molecular weight excluding hydrogens is 476 g/mol. The molecule has 0 amide bonds. The van der Waals surface area contributed by atoms with Crippen LogP contribution in [0.25, 0.3) is 32.8 Å². The van der Waals surface area contributed by atoms with Crippen LogP contribution in [0.4, 0.5) is 5.82 Å². The Morgan fingerprint density at radius 1 is 1.05 bits per heavy atom. The molecule has 2 aromatic heterocycles. The first-order valence-electron chi connectivity index (χ1n) is 13.3. The minimum absolute atomic E-state index is 0.397. The zero-order valence-corrected chi connectivity index (χ0v) is 21.8. The van der Waals surface area contributed by atoms with Gasteiger partial charge in [-0.05, 0) is 49.6 Å². The Morgan fingerprint density at radius 2 is 1.84 bits per heavy atom. The Balaban J connectivity index is 1.39. The molecule has 3 heterocycles. The van der Waals surface area contributed by atoms with E-state index in [1.54, 1.807) is 0 Å². The van der Waals surface area contributed by atoms with Crippen LogP contribution in [-0.2, 0) is 20.0 Å². The number of ether oxygens (including phenoxy) is 1. The molecule has 0 atom stereocenters. The normalized spacial score (nSPS) is 13.3. The first-order valence-corrected chi connectivity index (χ1v) is 13.3. The van der Waals surface area contributed by atoms with E-state index in [0.29, 0.717) is 31.7 Å². The molecule has 3 aromatic carbocycles.